The molecule has 2 N–H and O–H groups in total. The van der Waals surface area contributed by atoms with E-state index in [0.717, 1.165) is 30.0 Å². The van der Waals surface area contributed by atoms with E-state index in [4.69, 9.17) is 10.2 Å². The van der Waals surface area contributed by atoms with Gasteiger partial charge in [-0.15, -0.1) is 0 Å². The molecular formula is C19H25N3O3. The quantitative estimate of drug-likeness (QED) is 0.926. The van der Waals surface area contributed by atoms with E-state index in [0.29, 0.717) is 18.7 Å². The molecule has 1 aliphatic heterocycles. The highest BCUT2D eigenvalue weighted by atomic mass is 16.3. The first kappa shape index (κ1) is 17.3. The molecule has 1 saturated heterocycles. The number of carbonyl (C=O) groups is 2. The minimum Gasteiger partial charge on any atom is -0.467 e. The molecule has 6 nitrogen and oxygen atoms in total. The van der Waals surface area contributed by atoms with Gasteiger partial charge in [0, 0.05) is 24.0 Å². The maximum atomic E-state index is 13.1. The second kappa shape index (κ2) is 6.78. The Balaban J connectivity index is 1.85. The van der Waals surface area contributed by atoms with Crippen molar-refractivity contribution in [1.29, 1.82) is 0 Å². The average Bonchev–Trinajstić information content (AvgIpc) is 3.18. The molecule has 2 amide bonds. The van der Waals surface area contributed by atoms with Crippen molar-refractivity contribution in [2.75, 3.05) is 6.54 Å². The number of nitrogens with zero attached hydrogens (tertiary/aromatic N) is 2. The molecule has 25 heavy (non-hydrogen) atoms. The number of nitrogens with two attached hydrogens (primary N) is 1. The van der Waals surface area contributed by atoms with E-state index >= 15 is 0 Å². The third kappa shape index (κ3) is 3.34. The van der Waals surface area contributed by atoms with Crippen molar-refractivity contribution in [2.24, 2.45) is 11.7 Å². The van der Waals surface area contributed by atoms with Crippen LogP contribution in [-0.4, -0.2) is 33.9 Å². The van der Waals surface area contributed by atoms with Crippen LogP contribution in [0.2, 0.25) is 0 Å². The zero-order valence-corrected chi connectivity index (χ0v) is 15.0. The van der Waals surface area contributed by atoms with Crippen LogP contribution < -0.4 is 5.73 Å². The summed E-state index contributed by atoms with van der Waals surface area (Å²) in [5.74, 6) is 0.234. The van der Waals surface area contributed by atoms with Crippen molar-refractivity contribution in [3.8, 4) is 0 Å². The summed E-state index contributed by atoms with van der Waals surface area (Å²) in [7, 11) is 0. The number of carbonyl (C=O) groups excluding carboxylic acids is 2. The smallest absolute Gasteiger partial charge is 0.255 e. The van der Waals surface area contributed by atoms with Crippen LogP contribution in [0.25, 0.3) is 0 Å². The van der Waals surface area contributed by atoms with Crippen LogP contribution in [0.3, 0.4) is 0 Å². The van der Waals surface area contributed by atoms with E-state index in [2.05, 4.69) is 4.57 Å². The van der Waals surface area contributed by atoms with Gasteiger partial charge in [-0.3, -0.25) is 9.59 Å². The normalized spacial score (nSPS) is 20.7. The van der Waals surface area contributed by atoms with Crippen LogP contribution in [0.15, 0.2) is 28.9 Å². The maximum Gasteiger partial charge on any atom is 0.255 e. The molecule has 0 aliphatic carbocycles. The molecule has 0 saturated carbocycles. The van der Waals surface area contributed by atoms with E-state index in [9.17, 15) is 9.59 Å². The Morgan fingerprint density at radius 3 is 2.72 bits per heavy atom. The fraction of sp³-hybridized carbons (Fsp3) is 0.474. The molecular weight excluding hydrogens is 318 g/mol. The summed E-state index contributed by atoms with van der Waals surface area (Å²) in [5, 5.41) is 0. The van der Waals surface area contributed by atoms with Gasteiger partial charge in [-0.05, 0) is 51.8 Å². The van der Waals surface area contributed by atoms with Crippen molar-refractivity contribution < 1.29 is 14.0 Å². The molecule has 6 heteroatoms. The molecule has 1 fully saturated rings. The Hall–Kier alpha value is -2.50. The Kier molecular flexibility index (Phi) is 4.70. The number of amides is 2. The van der Waals surface area contributed by atoms with E-state index < -0.39 is 0 Å². The number of primary amides is 1. The zero-order valence-electron chi connectivity index (χ0n) is 15.0. The lowest BCUT2D eigenvalue weighted by Gasteiger charge is -2.37. The Morgan fingerprint density at radius 2 is 2.08 bits per heavy atom. The molecule has 3 rings (SSSR count). The first-order valence-electron chi connectivity index (χ1n) is 8.68. The lowest BCUT2D eigenvalue weighted by atomic mass is 9.92. The van der Waals surface area contributed by atoms with E-state index in [1.54, 1.807) is 11.2 Å². The van der Waals surface area contributed by atoms with Crippen molar-refractivity contribution in [3.05, 3.63) is 47.2 Å². The Labute approximate surface area is 147 Å². The zero-order chi connectivity index (χ0) is 18.1. The first-order chi connectivity index (χ1) is 11.9. The third-order valence-corrected chi connectivity index (χ3v) is 5.24. The highest BCUT2D eigenvalue weighted by Crippen LogP contribution is 2.26. The number of aromatic nitrogens is 1. The third-order valence-electron chi connectivity index (χ3n) is 5.24. The van der Waals surface area contributed by atoms with Gasteiger partial charge in [0.25, 0.3) is 5.91 Å². The van der Waals surface area contributed by atoms with Crippen LogP contribution in [0, 0.1) is 19.8 Å². The molecule has 0 bridgehead atoms. The molecule has 1 aliphatic rings. The van der Waals surface area contributed by atoms with E-state index in [-0.39, 0.29) is 23.8 Å². The van der Waals surface area contributed by atoms with Crippen LogP contribution in [-0.2, 0) is 11.3 Å². The monoisotopic (exact) mass is 343 g/mol. The van der Waals surface area contributed by atoms with Gasteiger partial charge in [0.05, 0.1) is 24.3 Å². The summed E-state index contributed by atoms with van der Waals surface area (Å²) in [4.78, 5) is 26.4. The number of rotatable bonds is 4. The van der Waals surface area contributed by atoms with E-state index in [1.165, 1.54) is 0 Å². The lowest BCUT2D eigenvalue weighted by Crippen LogP contribution is -2.48. The fourth-order valence-corrected chi connectivity index (χ4v) is 3.60. The highest BCUT2D eigenvalue weighted by molar-refractivity contribution is 5.96. The molecule has 2 aromatic heterocycles. The molecule has 2 atom stereocenters. The molecule has 3 heterocycles. The number of hydrogen-bond donors (Lipinski definition) is 1. The standard InChI is InChI=1S/C19H25N3O3/c1-12-6-7-15(18(20)23)10-22(12)19(24)17-9-13(2)21(14(17)3)11-16-5-4-8-25-16/h4-5,8-9,12,15H,6-7,10-11H2,1-3H3,(H2,20,23)/t12-,15-/m0/s1. The lowest BCUT2D eigenvalue weighted by molar-refractivity contribution is -0.123. The molecule has 0 aromatic carbocycles. The number of piperidine rings is 1. The SMILES string of the molecule is Cc1cc(C(=O)N2C[C@@H](C(N)=O)CC[C@@H]2C)c(C)n1Cc1ccco1. The minimum absolute atomic E-state index is 0.0303. The molecule has 134 valence electrons. The van der Waals surface area contributed by atoms with Crippen molar-refractivity contribution in [1.82, 2.24) is 9.47 Å². The van der Waals surface area contributed by atoms with Crippen LogP contribution in [0.5, 0.6) is 0 Å². The van der Waals surface area contributed by atoms with Crippen molar-refractivity contribution >= 4 is 11.8 Å². The largest absolute Gasteiger partial charge is 0.467 e. The van der Waals surface area contributed by atoms with Crippen molar-refractivity contribution in [3.63, 3.8) is 0 Å². The maximum absolute atomic E-state index is 13.1. The molecule has 2 aromatic rings. The highest BCUT2D eigenvalue weighted by Gasteiger charge is 2.33. The number of likely N-dealkylation sites (tertiary alicyclic amines) is 1. The Morgan fingerprint density at radius 1 is 1.32 bits per heavy atom. The first-order valence-corrected chi connectivity index (χ1v) is 8.68. The van der Waals surface area contributed by atoms with Gasteiger partial charge in [-0.1, -0.05) is 0 Å². The van der Waals surface area contributed by atoms with Gasteiger partial charge in [0.1, 0.15) is 5.76 Å². The predicted molar refractivity (Wildman–Crippen MR) is 94.1 cm³/mol. The molecule has 0 unspecified atom stereocenters. The topological polar surface area (TPSA) is 81.5 Å². The van der Waals surface area contributed by atoms with Gasteiger partial charge in [0.15, 0.2) is 0 Å². The fourth-order valence-electron chi connectivity index (χ4n) is 3.60. The van der Waals surface area contributed by atoms with E-state index in [1.807, 2.05) is 39.0 Å². The van der Waals surface area contributed by atoms with Gasteiger partial charge in [-0.25, -0.2) is 0 Å². The molecule has 0 radical (unpaired) electrons. The van der Waals surface area contributed by atoms with Crippen LogP contribution >= 0.6 is 0 Å². The number of aryl methyl sites for hydroxylation is 1. The predicted octanol–water partition coefficient (Wildman–Crippen LogP) is 2.47. The van der Waals surface area contributed by atoms with Gasteiger partial charge >= 0.3 is 0 Å². The van der Waals surface area contributed by atoms with Crippen LogP contribution in [0.4, 0.5) is 0 Å². The number of hydrogen-bond acceptors (Lipinski definition) is 3. The van der Waals surface area contributed by atoms with Gasteiger partial charge in [0.2, 0.25) is 5.91 Å². The number of furan rings is 1. The second-order valence-corrected chi connectivity index (χ2v) is 6.93. The summed E-state index contributed by atoms with van der Waals surface area (Å²) in [6, 6.07) is 5.80. The Bertz CT molecular complexity index is 776. The summed E-state index contributed by atoms with van der Waals surface area (Å²) in [5.41, 5.74) is 8.05. The molecule has 0 spiro atoms. The van der Waals surface area contributed by atoms with Crippen LogP contribution in [0.1, 0.15) is 47.3 Å². The van der Waals surface area contributed by atoms with Gasteiger partial charge in [-0.2, -0.15) is 0 Å². The minimum atomic E-state index is -0.326. The van der Waals surface area contributed by atoms with Gasteiger partial charge < -0.3 is 19.6 Å². The summed E-state index contributed by atoms with van der Waals surface area (Å²) in [6.07, 6.45) is 3.19. The summed E-state index contributed by atoms with van der Waals surface area (Å²) >= 11 is 0. The average molecular weight is 343 g/mol. The van der Waals surface area contributed by atoms with Crippen molar-refractivity contribution in [2.45, 2.75) is 46.2 Å². The second-order valence-electron chi connectivity index (χ2n) is 6.93. The summed E-state index contributed by atoms with van der Waals surface area (Å²) < 4.78 is 7.50. The summed E-state index contributed by atoms with van der Waals surface area (Å²) in [6.45, 7) is 6.95.